The minimum Gasteiger partial charge on any atom is -0.466 e. The number of carbonyl (C=O) groups excluding carboxylic acids is 2. The topological polar surface area (TPSA) is 52.6 Å². The maximum Gasteiger partial charge on any atom is 0.337 e. The summed E-state index contributed by atoms with van der Waals surface area (Å²) in [6.45, 7) is 3.48. The summed E-state index contributed by atoms with van der Waals surface area (Å²) in [6, 6.07) is 7.59. The van der Waals surface area contributed by atoms with Gasteiger partial charge >= 0.3 is 5.97 Å². The van der Waals surface area contributed by atoms with E-state index in [1.807, 2.05) is 31.2 Å². The van der Waals surface area contributed by atoms with E-state index in [4.69, 9.17) is 4.74 Å². The Morgan fingerprint density at radius 1 is 1.21 bits per heavy atom. The summed E-state index contributed by atoms with van der Waals surface area (Å²) in [6.07, 6.45) is 1.38. The highest BCUT2D eigenvalue weighted by Gasteiger charge is 2.26. The number of hydrogen-bond donors (Lipinski definition) is 0. The maximum absolute atomic E-state index is 11.8. The highest BCUT2D eigenvalue weighted by Crippen LogP contribution is 2.28. The summed E-state index contributed by atoms with van der Waals surface area (Å²) < 4.78 is 10.1. The lowest BCUT2D eigenvalue weighted by atomic mass is 10.1. The summed E-state index contributed by atoms with van der Waals surface area (Å²) >= 11 is 0. The maximum atomic E-state index is 11.8. The predicted octanol–water partition coefficient (Wildman–Crippen LogP) is 2.38. The number of ether oxygens (including phenoxy) is 2. The fraction of sp³-hybridized carbons (Fsp3) is 0.200. The summed E-state index contributed by atoms with van der Waals surface area (Å²) in [5.74, 6) is -0.411. The molecule has 19 heavy (non-hydrogen) atoms. The van der Waals surface area contributed by atoms with Gasteiger partial charge in [0.2, 0.25) is 5.78 Å². The van der Waals surface area contributed by atoms with E-state index in [-0.39, 0.29) is 17.1 Å². The Labute approximate surface area is 111 Å². The molecule has 0 aliphatic carbocycles. The molecule has 2 rings (SSSR count). The molecule has 0 saturated carbocycles. The van der Waals surface area contributed by atoms with Crippen LogP contribution in [-0.4, -0.2) is 18.9 Å². The Morgan fingerprint density at radius 3 is 2.42 bits per heavy atom. The number of ketones is 1. The highest BCUT2D eigenvalue weighted by molar-refractivity contribution is 6.13. The lowest BCUT2D eigenvalue weighted by Gasteiger charge is -2.07. The molecule has 1 aromatic rings. The van der Waals surface area contributed by atoms with Gasteiger partial charge in [-0.1, -0.05) is 29.8 Å². The first-order valence-corrected chi connectivity index (χ1v) is 5.83. The third-order valence-corrected chi connectivity index (χ3v) is 2.87. The summed E-state index contributed by atoms with van der Waals surface area (Å²) in [4.78, 5) is 23.2. The second kappa shape index (κ2) is 5.10. The van der Waals surface area contributed by atoms with Crippen LogP contribution in [0.15, 0.2) is 41.7 Å². The van der Waals surface area contributed by atoms with Gasteiger partial charge in [-0.2, -0.15) is 0 Å². The Hall–Kier alpha value is -2.36. The number of hydrogen-bond acceptors (Lipinski definition) is 4. The van der Waals surface area contributed by atoms with Crippen molar-refractivity contribution in [3.05, 3.63) is 52.8 Å². The molecule has 0 saturated heterocycles. The van der Waals surface area contributed by atoms with Crippen molar-refractivity contribution < 1.29 is 19.1 Å². The molecular formula is C15H14O4. The van der Waals surface area contributed by atoms with E-state index in [1.54, 1.807) is 0 Å². The largest absolute Gasteiger partial charge is 0.466 e. The Morgan fingerprint density at radius 2 is 1.84 bits per heavy atom. The van der Waals surface area contributed by atoms with Crippen LogP contribution in [0.2, 0.25) is 0 Å². The summed E-state index contributed by atoms with van der Waals surface area (Å²) in [7, 11) is 1.26. The van der Waals surface area contributed by atoms with E-state index in [9.17, 15) is 9.59 Å². The van der Waals surface area contributed by atoms with Crippen molar-refractivity contribution in [1.82, 2.24) is 0 Å². The zero-order valence-corrected chi connectivity index (χ0v) is 11.0. The molecule has 1 heterocycles. The standard InChI is InChI=1S/C15H14O4/c1-9-4-6-11(7-5-9)13-8-12(16)14(19-13)10(2)15(17)18-3/h4-8H,1-3H3/b14-10-. The number of carbonyl (C=O) groups is 2. The molecule has 4 heteroatoms. The average molecular weight is 258 g/mol. The van der Waals surface area contributed by atoms with Gasteiger partial charge < -0.3 is 9.47 Å². The predicted molar refractivity (Wildman–Crippen MR) is 70.0 cm³/mol. The highest BCUT2D eigenvalue weighted by atomic mass is 16.5. The van der Waals surface area contributed by atoms with Crippen molar-refractivity contribution in [2.24, 2.45) is 0 Å². The zero-order chi connectivity index (χ0) is 14.0. The van der Waals surface area contributed by atoms with Crippen molar-refractivity contribution in [3.63, 3.8) is 0 Å². The first-order chi connectivity index (χ1) is 9.02. The van der Waals surface area contributed by atoms with E-state index in [0.29, 0.717) is 5.76 Å². The number of esters is 1. The summed E-state index contributed by atoms with van der Waals surface area (Å²) in [5, 5.41) is 0. The Balaban J connectivity index is 2.30. The van der Waals surface area contributed by atoms with Crippen molar-refractivity contribution in [2.45, 2.75) is 13.8 Å². The second-order valence-electron chi connectivity index (χ2n) is 4.29. The molecule has 0 atom stereocenters. The van der Waals surface area contributed by atoms with Gasteiger partial charge in [-0.3, -0.25) is 4.79 Å². The van der Waals surface area contributed by atoms with Crippen LogP contribution in [0.4, 0.5) is 0 Å². The SMILES string of the molecule is COC(=O)/C(C)=C1\OC(c2ccc(C)cc2)=CC1=O. The molecular weight excluding hydrogens is 244 g/mol. The van der Waals surface area contributed by atoms with Crippen molar-refractivity contribution in [1.29, 1.82) is 0 Å². The number of aryl methyl sites for hydroxylation is 1. The van der Waals surface area contributed by atoms with E-state index in [0.717, 1.165) is 11.1 Å². The molecule has 98 valence electrons. The molecule has 0 amide bonds. The summed E-state index contributed by atoms with van der Waals surface area (Å²) in [5.41, 5.74) is 2.09. The zero-order valence-electron chi connectivity index (χ0n) is 11.0. The van der Waals surface area contributed by atoms with Crippen molar-refractivity contribution in [3.8, 4) is 0 Å². The van der Waals surface area contributed by atoms with Crippen LogP contribution in [-0.2, 0) is 19.1 Å². The van der Waals surface area contributed by atoms with Crippen LogP contribution in [0.1, 0.15) is 18.1 Å². The van der Waals surface area contributed by atoms with Gasteiger partial charge in [0.15, 0.2) is 5.76 Å². The van der Waals surface area contributed by atoms with Crippen LogP contribution in [0.3, 0.4) is 0 Å². The number of allylic oxidation sites excluding steroid dienone is 1. The van der Waals surface area contributed by atoms with Crippen LogP contribution in [0.25, 0.3) is 5.76 Å². The van der Waals surface area contributed by atoms with E-state index in [1.165, 1.54) is 20.1 Å². The van der Waals surface area contributed by atoms with Gasteiger partial charge in [0.1, 0.15) is 5.76 Å². The van der Waals surface area contributed by atoms with E-state index in [2.05, 4.69) is 4.74 Å². The smallest absolute Gasteiger partial charge is 0.337 e. The van der Waals surface area contributed by atoms with Crippen LogP contribution in [0.5, 0.6) is 0 Å². The van der Waals surface area contributed by atoms with Gasteiger partial charge in [-0.15, -0.1) is 0 Å². The molecule has 1 aromatic carbocycles. The monoisotopic (exact) mass is 258 g/mol. The van der Waals surface area contributed by atoms with Crippen molar-refractivity contribution in [2.75, 3.05) is 7.11 Å². The first-order valence-electron chi connectivity index (χ1n) is 5.83. The molecule has 1 aliphatic rings. The number of benzene rings is 1. The molecule has 0 unspecified atom stereocenters. The molecule has 0 fully saturated rings. The second-order valence-corrected chi connectivity index (χ2v) is 4.29. The van der Waals surface area contributed by atoms with Gasteiger partial charge in [0.05, 0.1) is 12.7 Å². The molecule has 0 spiro atoms. The minimum absolute atomic E-state index is 0.0300. The molecule has 4 nitrogen and oxygen atoms in total. The van der Waals surface area contributed by atoms with Gasteiger partial charge in [0, 0.05) is 11.6 Å². The number of rotatable bonds is 2. The number of methoxy groups -OCH3 is 1. The van der Waals surface area contributed by atoms with Crippen molar-refractivity contribution >= 4 is 17.5 Å². The Bertz CT molecular complexity index is 591. The van der Waals surface area contributed by atoms with Gasteiger partial charge in [0.25, 0.3) is 0 Å². The molecule has 0 N–H and O–H groups in total. The Kier molecular flexibility index (Phi) is 3.51. The molecule has 0 aromatic heterocycles. The van der Waals surface area contributed by atoms with Gasteiger partial charge in [-0.05, 0) is 13.8 Å². The van der Waals surface area contributed by atoms with E-state index < -0.39 is 5.97 Å². The molecule has 1 aliphatic heterocycles. The van der Waals surface area contributed by atoms with Crippen LogP contribution in [0, 0.1) is 6.92 Å². The average Bonchev–Trinajstić information content (AvgIpc) is 2.80. The normalized spacial score (nSPS) is 16.8. The molecule has 0 radical (unpaired) electrons. The molecule has 0 bridgehead atoms. The lowest BCUT2D eigenvalue weighted by Crippen LogP contribution is -2.08. The lowest BCUT2D eigenvalue weighted by molar-refractivity contribution is -0.136. The fourth-order valence-corrected chi connectivity index (χ4v) is 1.74. The third kappa shape index (κ3) is 2.57. The minimum atomic E-state index is -0.568. The van der Waals surface area contributed by atoms with Gasteiger partial charge in [-0.25, -0.2) is 4.79 Å². The van der Waals surface area contributed by atoms with Crippen LogP contribution >= 0.6 is 0 Å². The fourth-order valence-electron chi connectivity index (χ4n) is 1.74. The van der Waals surface area contributed by atoms with E-state index >= 15 is 0 Å². The van der Waals surface area contributed by atoms with Crippen LogP contribution < -0.4 is 0 Å². The first kappa shape index (κ1) is 13.1. The quantitative estimate of drug-likeness (QED) is 0.603. The third-order valence-electron chi connectivity index (χ3n) is 2.87.